The predicted molar refractivity (Wildman–Crippen MR) is 55.9 cm³/mol. The first-order valence-electron chi connectivity index (χ1n) is 5.19. The van der Waals surface area contributed by atoms with Crippen molar-refractivity contribution in [2.75, 3.05) is 19.6 Å². The molecule has 78 valence electrons. The van der Waals surface area contributed by atoms with E-state index in [1.54, 1.807) is 0 Å². The second kappa shape index (κ2) is 4.11. The Balaban J connectivity index is 1.95. The van der Waals surface area contributed by atoms with Gasteiger partial charge in [-0.2, -0.15) is 5.10 Å². The van der Waals surface area contributed by atoms with Crippen LogP contribution in [0.3, 0.4) is 0 Å². The van der Waals surface area contributed by atoms with E-state index in [4.69, 9.17) is 0 Å². The topological polar surface area (TPSA) is 33.1 Å². The molecule has 1 aromatic rings. The smallest absolute Gasteiger partial charge is 0.0764 e. The third kappa shape index (κ3) is 2.13. The van der Waals surface area contributed by atoms with Gasteiger partial charge in [-0.15, -0.1) is 0 Å². The average Bonchev–Trinajstić information content (AvgIpc) is 2.56. The maximum Gasteiger partial charge on any atom is 0.0764 e. The highest BCUT2D eigenvalue weighted by atomic mass is 15.3. The molecular formula is C10H18N4. The quantitative estimate of drug-likeness (QED) is 0.731. The van der Waals surface area contributed by atoms with Gasteiger partial charge in [-0.25, -0.2) is 0 Å². The van der Waals surface area contributed by atoms with E-state index in [-0.39, 0.29) is 0 Å². The predicted octanol–water partition coefficient (Wildman–Crippen LogP) is 0.214. The van der Waals surface area contributed by atoms with Gasteiger partial charge in [-0.3, -0.25) is 9.58 Å². The van der Waals surface area contributed by atoms with Gasteiger partial charge >= 0.3 is 0 Å². The van der Waals surface area contributed by atoms with Crippen molar-refractivity contribution in [2.24, 2.45) is 7.05 Å². The summed E-state index contributed by atoms with van der Waals surface area (Å²) in [7, 11) is 1.96. The van der Waals surface area contributed by atoms with Crippen molar-refractivity contribution in [1.82, 2.24) is 20.0 Å². The van der Waals surface area contributed by atoms with Crippen molar-refractivity contribution in [3.8, 4) is 0 Å². The number of nitrogens with one attached hydrogen (secondary N) is 1. The molecule has 2 heterocycles. The molecule has 0 amide bonds. The SMILES string of the molecule is C[C@@H]1CNCCN1Cc1ccn(C)n1. The summed E-state index contributed by atoms with van der Waals surface area (Å²) in [5, 5.41) is 7.78. The van der Waals surface area contributed by atoms with E-state index in [9.17, 15) is 0 Å². The zero-order valence-electron chi connectivity index (χ0n) is 8.90. The molecule has 1 atom stereocenters. The first-order chi connectivity index (χ1) is 6.75. The summed E-state index contributed by atoms with van der Waals surface area (Å²) in [6, 6.07) is 2.71. The molecular weight excluding hydrogens is 176 g/mol. The molecule has 0 aliphatic carbocycles. The highest BCUT2D eigenvalue weighted by Gasteiger charge is 2.18. The molecule has 0 unspecified atom stereocenters. The minimum Gasteiger partial charge on any atom is -0.314 e. The largest absolute Gasteiger partial charge is 0.314 e. The number of hydrogen-bond donors (Lipinski definition) is 1. The van der Waals surface area contributed by atoms with Crippen molar-refractivity contribution in [2.45, 2.75) is 19.5 Å². The Kier molecular flexibility index (Phi) is 2.84. The van der Waals surface area contributed by atoms with E-state index >= 15 is 0 Å². The summed E-state index contributed by atoms with van der Waals surface area (Å²) >= 11 is 0. The van der Waals surface area contributed by atoms with Crippen molar-refractivity contribution in [3.63, 3.8) is 0 Å². The zero-order valence-corrected chi connectivity index (χ0v) is 8.90. The van der Waals surface area contributed by atoms with Crippen LogP contribution in [0.2, 0.25) is 0 Å². The van der Waals surface area contributed by atoms with E-state index in [0.29, 0.717) is 6.04 Å². The molecule has 1 saturated heterocycles. The molecule has 1 aromatic heterocycles. The van der Waals surface area contributed by atoms with Crippen LogP contribution in [-0.4, -0.2) is 40.4 Å². The number of hydrogen-bond acceptors (Lipinski definition) is 3. The molecule has 1 aliphatic heterocycles. The standard InChI is InChI=1S/C10H18N4/c1-9-7-11-4-6-14(9)8-10-3-5-13(2)12-10/h3,5,9,11H,4,6-8H2,1-2H3/t9-/m1/s1. The van der Waals surface area contributed by atoms with Gasteiger partial charge in [-0.05, 0) is 13.0 Å². The fourth-order valence-corrected chi connectivity index (χ4v) is 1.87. The Bertz CT molecular complexity index is 294. The second-order valence-corrected chi connectivity index (χ2v) is 4.00. The normalized spacial score (nSPS) is 24.0. The number of rotatable bonds is 2. The van der Waals surface area contributed by atoms with Crippen molar-refractivity contribution < 1.29 is 0 Å². The second-order valence-electron chi connectivity index (χ2n) is 4.00. The van der Waals surface area contributed by atoms with Gasteiger partial charge in [0.05, 0.1) is 5.69 Å². The lowest BCUT2D eigenvalue weighted by atomic mass is 10.2. The van der Waals surface area contributed by atoms with Crippen LogP contribution in [0.25, 0.3) is 0 Å². The number of nitrogens with zero attached hydrogens (tertiary/aromatic N) is 3. The van der Waals surface area contributed by atoms with Crippen molar-refractivity contribution >= 4 is 0 Å². The molecule has 0 radical (unpaired) electrons. The minimum absolute atomic E-state index is 0.616. The molecule has 0 aromatic carbocycles. The Morgan fingerprint density at radius 2 is 2.50 bits per heavy atom. The molecule has 0 bridgehead atoms. The van der Waals surface area contributed by atoms with Gasteiger partial charge in [0.25, 0.3) is 0 Å². The van der Waals surface area contributed by atoms with E-state index in [1.165, 1.54) is 5.69 Å². The van der Waals surface area contributed by atoms with Gasteiger partial charge in [-0.1, -0.05) is 0 Å². The van der Waals surface area contributed by atoms with E-state index < -0.39 is 0 Å². The minimum atomic E-state index is 0.616. The molecule has 4 heteroatoms. The maximum atomic E-state index is 4.39. The van der Waals surface area contributed by atoms with Gasteiger partial charge in [0.1, 0.15) is 0 Å². The van der Waals surface area contributed by atoms with Crippen LogP contribution < -0.4 is 5.32 Å². The van der Waals surface area contributed by atoms with Gasteiger partial charge < -0.3 is 5.32 Å². The third-order valence-electron chi connectivity index (χ3n) is 2.77. The van der Waals surface area contributed by atoms with E-state index in [1.807, 2.05) is 17.9 Å². The lowest BCUT2D eigenvalue weighted by Gasteiger charge is -2.33. The maximum absolute atomic E-state index is 4.39. The molecule has 14 heavy (non-hydrogen) atoms. The summed E-state index contributed by atoms with van der Waals surface area (Å²) in [5.74, 6) is 0. The molecule has 0 spiro atoms. The van der Waals surface area contributed by atoms with Crippen molar-refractivity contribution in [1.29, 1.82) is 0 Å². The average molecular weight is 194 g/mol. The Labute approximate surface area is 84.9 Å². The zero-order chi connectivity index (χ0) is 9.97. The first-order valence-corrected chi connectivity index (χ1v) is 5.19. The van der Waals surface area contributed by atoms with E-state index in [0.717, 1.165) is 26.2 Å². The molecule has 4 nitrogen and oxygen atoms in total. The van der Waals surface area contributed by atoms with E-state index in [2.05, 4.69) is 28.3 Å². The van der Waals surface area contributed by atoms with Crippen LogP contribution in [-0.2, 0) is 13.6 Å². The van der Waals surface area contributed by atoms with Crippen molar-refractivity contribution in [3.05, 3.63) is 18.0 Å². The Hall–Kier alpha value is -0.870. The molecule has 0 saturated carbocycles. The van der Waals surface area contributed by atoms with Gasteiger partial charge in [0, 0.05) is 45.5 Å². The molecule has 1 fully saturated rings. The summed E-state index contributed by atoms with van der Waals surface area (Å²) in [6.07, 6.45) is 2.00. The third-order valence-corrected chi connectivity index (χ3v) is 2.77. The van der Waals surface area contributed by atoms with Crippen LogP contribution in [0.15, 0.2) is 12.3 Å². The van der Waals surface area contributed by atoms with Gasteiger partial charge in [0.2, 0.25) is 0 Å². The van der Waals surface area contributed by atoms with Crippen LogP contribution >= 0.6 is 0 Å². The fraction of sp³-hybridized carbons (Fsp3) is 0.700. The summed E-state index contributed by atoms with van der Waals surface area (Å²) < 4.78 is 1.86. The lowest BCUT2D eigenvalue weighted by molar-refractivity contribution is 0.163. The van der Waals surface area contributed by atoms with Gasteiger partial charge in [0.15, 0.2) is 0 Å². The fourth-order valence-electron chi connectivity index (χ4n) is 1.87. The molecule has 2 rings (SSSR count). The summed E-state index contributed by atoms with van der Waals surface area (Å²) in [4.78, 5) is 2.47. The highest BCUT2D eigenvalue weighted by molar-refractivity contribution is 4.99. The van der Waals surface area contributed by atoms with Crippen LogP contribution in [0.4, 0.5) is 0 Å². The summed E-state index contributed by atoms with van der Waals surface area (Å²) in [6.45, 7) is 6.54. The number of piperazine rings is 1. The Morgan fingerprint density at radius 1 is 1.64 bits per heavy atom. The van der Waals surface area contributed by atoms with Crippen LogP contribution in [0.5, 0.6) is 0 Å². The number of aromatic nitrogens is 2. The van der Waals surface area contributed by atoms with Crippen LogP contribution in [0.1, 0.15) is 12.6 Å². The summed E-state index contributed by atoms with van der Waals surface area (Å²) in [5.41, 5.74) is 1.17. The molecule has 1 aliphatic rings. The lowest BCUT2D eigenvalue weighted by Crippen LogP contribution is -2.49. The van der Waals surface area contributed by atoms with Crippen LogP contribution in [0, 0.1) is 0 Å². The monoisotopic (exact) mass is 194 g/mol. The molecule has 1 N–H and O–H groups in total. The number of aryl methyl sites for hydroxylation is 1. The highest BCUT2D eigenvalue weighted by Crippen LogP contribution is 2.07. The first kappa shape index (κ1) is 9.68. The Morgan fingerprint density at radius 3 is 3.14 bits per heavy atom.